The largest absolute Gasteiger partial charge is 0.376 e. The Morgan fingerprint density at radius 3 is 2.69 bits per heavy atom. The molecule has 3 unspecified atom stereocenters. The quantitative estimate of drug-likeness (QED) is 0.763. The zero-order valence-electron chi connectivity index (χ0n) is 9.48. The van der Waals surface area contributed by atoms with Crippen molar-refractivity contribution in [2.45, 2.75) is 25.4 Å². The predicted molar refractivity (Wildman–Crippen MR) is 57.9 cm³/mol. The third-order valence-electron chi connectivity index (χ3n) is 4.00. The molecule has 4 heteroatoms. The second kappa shape index (κ2) is 4.34. The first kappa shape index (κ1) is 10.5. The summed E-state index contributed by atoms with van der Waals surface area (Å²) in [6, 6.07) is 0. The van der Waals surface area contributed by atoms with Gasteiger partial charge in [-0.1, -0.05) is 0 Å². The molecule has 0 aromatic rings. The average Bonchev–Trinajstić information content (AvgIpc) is 2.94. The fourth-order valence-electron chi connectivity index (χ4n) is 2.94. The van der Waals surface area contributed by atoms with Crippen LogP contribution in [0.4, 0.5) is 0 Å². The van der Waals surface area contributed by atoms with E-state index in [9.17, 15) is 4.79 Å². The standard InChI is InChI=1S/C12H19NO3/c14-12(10-4-8-3-9(8)5-10)13-6-11-7-15-1-2-16-11/h8-11H,1-7H2,(H,13,14). The molecule has 1 N–H and O–H groups in total. The molecule has 1 amide bonds. The van der Waals surface area contributed by atoms with Crippen LogP contribution in [0.1, 0.15) is 19.3 Å². The van der Waals surface area contributed by atoms with Crippen LogP contribution in [0, 0.1) is 17.8 Å². The molecule has 3 fully saturated rings. The van der Waals surface area contributed by atoms with Gasteiger partial charge in [0.05, 0.1) is 25.9 Å². The summed E-state index contributed by atoms with van der Waals surface area (Å²) in [5.41, 5.74) is 0. The lowest BCUT2D eigenvalue weighted by atomic mass is 10.0. The van der Waals surface area contributed by atoms with Crippen LogP contribution in [-0.2, 0) is 14.3 Å². The summed E-state index contributed by atoms with van der Waals surface area (Å²) >= 11 is 0. The molecule has 3 aliphatic rings. The highest BCUT2D eigenvalue weighted by molar-refractivity contribution is 5.79. The minimum atomic E-state index is 0.0497. The molecule has 0 radical (unpaired) electrons. The highest BCUT2D eigenvalue weighted by Crippen LogP contribution is 2.54. The summed E-state index contributed by atoms with van der Waals surface area (Å²) in [5, 5.41) is 2.99. The van der Waals surface area contributed by atoms with E-state index in [0.29, 0.717) is 26.4 Å². The first-order valence-corrected chi connectivity index (χ1v) is 6.30. The van der Waals surface area contributed by atoms with Crippen LogP contribution >= 0.6 is 0 Å². The summed E-state index contributed by atoms with van der Waals surface area (Å²) in [4.78, 5) is 11.8. The second-order valence-electron chi connectivity index (χ2n) is 5.24. The molecular formula is C12H19NO3. The molecule has 0 spiro atoms. The van der Waals surface area contributed by atoms with Crippen molar-refractivity contribution in [3.05, 3.63) is 0 Å². The van der Waals surface area contributed by atoms with E-state index < -0.39 is 0 Å². The number of fused-ring (bicyclic) bond motifs is 1. The van der Waals surface area contributed by atoms with Crippen molar-refractivity contribution in [2.24, 2.45) is 17.8 Å². The lowest BCUT2D eigenvalue weighted by Gasteiger charge is -2.23. The maximum absolute atomic E-state index is 11.8. The van der Waals surface area contributed by atoms with Crippen molar-refractivity contribution in [2.75, 3.05) is 26.4 Å². The van der Waals surface area contributed by atoms with Crippen molar-refractivity contribution in [3.63, 3.8) is 0 Å². The number of carbonyl (C=O) groups is 1. The molecule has 16 heavy (non-hydrogen) atoms. The van der Waals surface area contributed by atoms with Gasteiger partial charge in [-0.2, -0.15) is 0 Å². The van der Waals surface area contributed by atoms with Crippen LogP contribution in [-0.4, -0.2) is 38.4 Å². The van der Waals surface area contributed by atoms with E-state index in [0.717, 1.165) is 24.7 Å². The van der Waals surface area contributed by atoms with E-state index in [2.05, 4.69) is 5.32 Å². The van der Waals surface area contributed by atoms with Crippen molar-refractivity contribution >= 4 is 5.91 Å². The summed E-state index contributed by atoms with van der Waals surface area (Å²) < 4.78 is 10.8. The van der Waals surface area contributed by atoms with E-state index in [-0.39, 0.29) is 17.9 Å². The number of hydrogen-bond acceptors (Lipinski definition) is 3. The van der Waals surface area contributed by atoms with E-state index in [1.165, 1.54) is 6.42 Å². The van der Waals surface area contributed by atoms with Gasteiger partial charge in [0, 0.05) is 12.5 Å². The highest BCUT2D eigenvalue weighted by atomic mass is 16.6. The Hall–Kier alpha value is -0.610. The van der Waals surface area contributed by atoms with Gasteiger partial charge in [-0.05, 0) is 31.1 Å². The van der Waals surface area contributed by atoms with Crippen LogP contribution in [0.3, 0.4) is 0 Å². The number of ether oxygens (including phenoxy) is 2. The second-order valence-corrected chi connectivity index (χ2v) is 5.24. The topological polar surface area (TPSA) is 47.6 Å². The Morgan fingerprint density at radius 2 is 2.00 bits per heavy atom. The lowest BCUT2D eigenvalue weighted by Crippen LogP contribution is -2.41. The van der Waals surface area contributed by atoms with Gasteiger partial charge in [0.15, 0.2) is 0 Å². The molecule has 3 rings (SSSR count). The minimum absolute atomic E-state index is 0.0497. The molecule has 2 aliphatic carbocycles. The van der Waals surface area contributed by atoms with Gasteiger partial charge in [-0.25, -0.2) is 0 Å². The lowest BCUT2D eigenvalue weighted by molar-refractivity contribution is -0.127. The molecule has 0 bridgehead atoms. The molecule has 1 saturated heterocycles. The Kier molecular flexibility index (Phi) is 2.86. The molecule has 90 valence electrons. The third-order valence-corrected chi connectivity index (χ3v) is 4.00. The number of nitrogens with one attached hydrogen (secondary N) is 1. The van der Waals surface area contributed by atoms with E-state index in [1.54, 1.807) is 0 Å². The molecule has 1 aliphatic heterocycles. The zero-order chi connectivity index (χ0) is 11.0. The summed E-state index contributed by atoms with van der Waals surface area (Å²) in [6.45, 7) is 2.53. The Bertz CT molecular complexity index is 265. The van der Waals surface area contributed by atoms with Gasteiger partial charge in [0.1, 0.15) is 0 Å². The van der Waals surface area contributed by atoms with Crippen LogP contribution in [0.5, 0.6) is 0 Å². The van der Waals surface area contributed by atoms with E-state index >= 15 is 0 Å². The van der Waals surface area contributed by atoms with Crippen LogP contribution in [0.25, 0.3) is 0 Å². The van der Waals surface area contributed by atoms with Crippen molar-refractivity contribution in [1.29, 1.82) is 0 Å². The van der Waals surface area contributed by atoms with Gasteiger partial charge in [-0.3, -0.25) is 4.79 Å². The molecule has 2 saturated carbocycles. The number of hydrogen-bond donors (Lipinski definition) is 1. The number of carbonyl (C=O) groups excluding carboxylic acids is 1. The normalized spacial score (nSPS) is 41.5. The third kappa shape index (κ3) is 2.23. The van der Waals surface area contributed by atoms with Gasteiger partial charge >= 0.3 is 0 Å². The molecule has 1 heterocycles. The van der Waals surface area contributed by atoms with E-state index in [1.807, 2.05) is 0 Å². The summed E-state index contributed by atoms with van der Waals surface area (Å²) in [6.07, 6.45) is 3.63. The van der Waals surface area contributed by atoms with Crippen LogP contribution in [0.15, 0.2) is 0 Å². The van der Waals surface area contributed by atoms with Crippen LogP contribution < -0.4 is 5.32 Å². The SMILES string of the molecule is O=C(NCC1COCCO1)C1CC2CC2C1. The molecular weight excluding hydrogens is 206 g/mol. The minimum Gasteiger partial charge on any atom is -0.376 e. The number of rotatable bonds is 3. The Labute approximate surface area is 95.7 Å². The van der Waals surface area contributed by atoms with Gasteiger partial charge in [0.25, 0.3) is 0 Å². The Morgan fingerprint density at radius 1 is 1.19 bits per heavy atom. The smallest absolute Gasteiger partial charge is 0.223 e. The predicted octanol–water partition coefficient (Wildman–Crippen LogP) is 0.564. The van der Waals surface area contributed by atoms with Gasteiger partial charge in [0.2, 0.25) is 5.91 Å². The Balaban J connectivity index is 1.39. The van der Waals surface area contributed by atoms with Gasteiger partial charge in [-0.15, -0.1) is 0 Å². The van der Waals surface area contributed by atoms with E-state index in [4.69, 9.17) is 9.47 Å². The monoisotopic (exact) mass is 225 g/mol. The summed E-state index contributed by atoms with van der Waals surface area (Å²) in [5.74, 6) is 2.23. The zero-order valence-corrected chi connectivity index (χ0v) is 9.48. The first-order valence-electron chi connectivity index (χ1n) is 6.30. The van der Waals surface area contributed by atoms with Crippen LogP contribution in [0.2, 0.25) is 0 Å². The maximum atomic E-state index is 11.8. The molecule has 0 aromatic heterocycles. The molecule has 0 aromatic carbocycles. The van der Waals surface area contributed by atoms with Gasteiger partial charge < -0.3 is 14.8 Å². The fourth-order valence-corrected chi connectivity index (χ4v) is 2.94. The summed E-state index contributed by atoms with van der Waals surface area (Å²) in [7, 11) is 0. The molecule has 3 atom stereocenters. The first-order chi connectivity index (χ1) is 7.83. The molecule has 4 nitrogen and oxygen atoms in total. The van der Waals surface area contributed by atoms with Crippen molar-refractivity contribution in [3.8, 4) is 0 Å². The van der Waals surface area contributed by atoms with Crippen molar-refractivity contribution < 1.29 is 14.3 Å². The fraction of sp³-hybridized carbons (Fsp3) is 0.917. The number of amides is 1. The average molecular weight is 225 g/mol. The maximum Gasteiger partial charge on any atom is 0.223 e. The highest BCUT2D eigenvalue weighted by Gasteiger charge is 2.47. The van der Waals surface area contributed by atoms with Crippen molar-refractivity contribution in [1.82, 2.24) is 5.32 Å².